The van der Waals surface area contributed by atoms with E-state index in [1.165, 1.54) is 0 Å². The number of hydrogen-bond acceptors (Lipinski definition) is 3. The van der Waals surface area contributed by atoms with Crippen molar-refractivity contribution in [2.45, 2.75) is 6.61 Å². The monoisotopic (exact) mass is 270 g/mol. The highest BCUT2D eigenvalue weighted by Crippen LogP contribution is 2.24. The van der Waals surface area contributed by atoms with Crippen molar-refractivity contribution in [3.8, 4) is 5.75 Å². The number of hydrogen-bond donors (Lipinski definition) is 0. The van der Waals surface area contributed by atoms with Crippen molar-refractivity contribution < 1.29 is 4.74 Å². The predicted octanol–water partition coefficient (Wildman–Crippen LogP) is 3.86. The molecule has 4 heteroatoms. The Morgan fingerprint density at radius 1 is 1.00 bits per heavy atom. The molecule has 2 heterocycles. The highest BCUT2D eigenvalue weighted by molar-refractivity contribution is 6.29. The van der Waals surface area contributed by atoms with E-state index in [0.717, 1.165) is 22.2 Å². The van der Waals surface area contributed by atoms with Crippen LogP contribution in [-0.2, 0) is 6.61 Å². The molecule has 1 aromatic carbocycles. The molecule has 0 aliphatic heterocycles. The van der Waals surface area contributed by atoms with Crippen molar-refractivity contribution in [2.24, 2.45) is 0 Å². The molecule has 0 saturated heterocycles. The summed E-state index contributed by atoms with van der Waals surface area (Å²) in [5.74, 6) is 0.820. The van der Waals surface area contributed by atoms with E-state index in [9.17, 15) is 0 Å². The van der Waals surface area contributed by atoms with Gasteiger partial charge in [0.15, 0.2) is 0 Å². The van der Waals surface area contributed by atoms with Gasteiger partial charge in [-0.2, -0.15) is 0 Å². The van der Waals surface area contributed by atoms with Crippen molar-refractivity contribution >= 4 is 22.5 Å². The molecular formula is C15H11ClN2O. The Bertz CT molecular complexity index is 693. The first-order valence-corrected chi connectivity index (χ1v) is 6.28. The van der Waals surface area contributed by atoms with E-state index in [4.69, 9.17) is 16.3 Å². The largest absolute Gasteiger partial charge is 0.488 e. The standard InChI is InChI=1S/C15H11ClN2O/c16-15-7-6-11(9-18-15)10-19-14-5-1-4-13-12(14)3-2-8-17-13/h1-9H,10H2. The number of ether oxygens (including phenoxy) is 1. The maximum absolute atomic E-state index is 5.82. The van der Waals surface area contributed by atoms with E-state index in [1.54, 1.807) is 18.5 Å². The van der Waals surface area contributed by atoms with Crippen molar-refractivity contribution in [3.63, 3.8) is 0 Å². The third kappa shape index (κ3) is 2.66. The first-order chi connectivity index (χ1) is 9.33. The SMILES string of the molecule is Clc1ccc(COc2cccc3ncccc23)cn1. The van der Waals surface area contributed by atoms with E-state index in [1.807, 2.05) is 36.4 Å². The van der Waals surface area contributed by atoms with Gasteiger partial charge in [-0.25, -0.2) is 4.98 Å². The first-order valence-electron chi connectivity index (χ1n) is 5.90. The van der Waals surface area contributed by atoms with Gasteiger partial charge in [0, 0.05) is 23.3 Å². The van der Waals surface area contributed by atoms with Crippen LogP contribution in [0.25, 0.3) is 10.9 Å². The first kappa shape index (κ1) is 11.9. The van der Waals surface area contributed by atoms with Crippen LogP contribution in [0.15, 0.2) is 54.9 Å². The molecule has 0 aliphatic carbocycles. The zero-order chi connectivity index (χ0) is 13.1. The van der Waals surface area contributed by atoms with Gasteiger partial charge in [0.1, 0.15) is 17.5 Å². The summed E-state index contributed by atoms with van der Waals surface area (Å²) < 4.78 is 5.82. The second-order valence-corrected chi connectivity index (χ2v) is 4.49. The molecule has 0 fully saturated rings. The zero-order valence-corrected chi connectivity index (χ0v) is 10.8. The van der Waals surface area contributed by atoms with Crippen LogP contribution in [0, 0.1) is 0 Å². The molecule has 0 saturated carbocycles. The van der Waals surface area contributed by atoms with Gasteiger partial charge in [-0.15, -0.1) is 0 Å². The Balaban J connectivity index is 1.84. The molecule has 0 spiro atoms. The van der Waals surface area contributed by atoms with E-state index in [0.29, 0.717) is 11.8 Å². The number of nitrogens with zero attached hydrogens (tertiary/aromatic N) is 2. The zero-order valence-electron chi connectivity index (χ0n) is 10.1. The summed E-state index contributed by atoms with van der Waals surface area (Å²) in [4.78, 5) is 8.33. The summed E-state index contributed by atoms with van der Waals surface area (Å²) in [6.45, 7) is 0.457. The quantitative estimate of drug-likeness (QED) is 0.678. The fourth-order valence-electron chi connectivity index (χ4n) is 1.85. The Morgan fingerprint density at radius 2 is 1.95 bits per heavy atom. The smallest absolute Gasteiger partial charge is 0.129 e. The minimum absolute atomic E-state index is 0.457. The molecule has 0 N–H and O–H groups in total. The molecule has 94 valence electrons. The molecule has 0 radical (unpaired) electrons. The number of rotatable bonds is 3. The Hall–Kier alpha value is -2.13. The van der Waals surface area contributed by atoms with Gasteiger partial charge in [-0.3, -0.25) is 4.98 Å². The minimum atomic E-state index is 0.457. The van der Waals surface area contributed by atoms with Crippen LogP contribution >= 0.6 is 11.6 Å². The van der Waals surface area contributed by atoms with E-state index < -0.39 is 0 Å². The number of fused-ring (bicyclic) bond motifs is 1. The summed E-state index contributed by atoms with van der Waals surface area (Å²) >= 11 is 5.75. The molecule has 0 unspecified atom stereocenters. The number of pyridine rings is 2. The van der Waals surface area contributed by atoms with Crippen LogP contribution in [0.2, 0.25) is 5.15 Å². The number of aromatic nitrogens is 2. The van der Waals surface area contributed by atoms with Crippen LogP contribution in [0.1, 0.15) is 5.56 Å². The molecule has 3 nitrogen and oxygen atoms in total. The summed E-state index contributed by atoms with van der Waals surface area (Å²) in [6.07, 6.45) is 3.49. The van der Waals surface area contributed by atoms with Gasteiger partial charge in [0.05, 0.1) is 5.52 Å². The van der Waals surface area contributed by atoms with Crippen LogP contribution in [0.3, 0.4) is 0 Å². The van der Waals surface area contributed by atoms with Crippen molar-refractivity contribution in [1.29, 1.82) is 0 Å². The maximum Gasteiger partial charge on any atom is 0.129 e. The van der Waals surface area contributed by atoms with Crippen molar-refractivity contribution in [2.75, 3.05) is 0 Å². The lowest BCUT2D eigenvalue weighted by Crippen LogP contribution is -1.96. The fraction of sp³-hybridized carbons (Fsp3) is 0.0667. The lowest BCUT2D eigenvalue weighted by atomic mass is 10.2. The summed E-state index contributed by atoms with van der Waals surface area (Å²) in [6, 6.07) is 13.4. The molecule has 19 heavy (non-hydrogen) atoms. The predicted molar refractivity (Wildman–Crippen MR) is 75.3 cm³/mol. The Kier molecular flexibility index (Phi) is 3.29. The molecule has 3 rings (SSSR count). The van der Waals surface area contributed by atoms with Gasteiger partial charge in [-0.05, 0) is 30.3 Å². The van der Waals surface area contributed by atoms with Crippen LogP contribution < -0.4 is 4.74 Å². The molecule has 2 aromatic heterocycles. The number of halogens is 1. The minimum Gasteiger partial charge on any atom is -0.488 e. The van der Waals surface area contributed by atoms with Crippen molar-refractivity contribution in [3.05, 3.63) is 65.6 Å². The van der Waals surface area contributed by atoms with Crippen LogP contribution in [0.5, 0.6) is 5.75 Å². The van der Waals surface area contributed by atoms with Gasteiger partial charge < -0.3 is 4.74 Å². The third-order valence-electron chi connectivity index (χ3n) is 2.79. The van der Waals surface area contributed by atoms with Crippen molar-refractivity contribution in [1.82, 2.24) is 9.97 Å². The molecule has 0 atom stereocenters. The van der Waals surface area contributed by atoms with Gasteiger partial charge in [0.2, 0.25) is 0 Å². The average Bonchev–Trinajstić information content (AvgIpc) is 2.47. The van der Waals surface area contributed by atoms with Crippen LogP contribution in [-0.4, -0.2) is 9.97 Å². The maximum atomic E-state index is 5.82. The molecule has 0 amide bonds. The molecule has 0 bridgehead atoms. The molecular weight excluding hydrogens is 260 g/mol. The molecule has 3 aromatic rings. The van der Waals surface area contributed by atoms with Gasteiger partial charge in [-0.1, -0.05) is 23.7 Å². The lowest BCUT2D eigenvalue weighted by Gasteiger charge is -2.08. The summed E-state index contributed by atoms with van der Waals surface area (Å²) in [5.41, 5.74) is 1.90. The van der Waals surface area contributed by atoms with Gasteiger partial charge in [0.25, 0.3) is 0 Å². The van der Waals surface area contributed by atoms with E-state index in [-0.39, 0.29) is 0 Å². The summed E-state index contributed by atoms with van der Waals surface area (Å²) in [7, 11) is 0. The van der Waals surface area contributed by atoms with Crippen LogP contribution in [0.4, 0.5) is 0 Å². The second kappa shape index (κ2) is 5.24. The second-order valence-electron chi connectivity index (χ2n) is 4.10. The normalized spacial score (nSPS) is 10.6. The van der Waals surface area contributed by atoms with E-state index in [2.05, 4.69) is 9.97 Å². The average molecular weight is 271 g/mol. The molecule has 0 aliphatic rings. The van der Waals surface area contributed by atoms with E-state index >= 15 is 0 Å². The fourth-order valence-corrected chi connectivity index (χ4v) is 1.97. The topological polar surface area (TPSA) is 35.0 Å². The highest BCUT2D eigenvalue weighted by Gasteiger charge is 2.02. The highest BCUT2D eigenvalue weighted by atomic mass is 35.5. The lowest BCUT2D eigenvalue weighted by molar-refractivity contribution is 0.309. The number of benzene rings is 1. The Labute approximate surface area is 115 Å². The third-order valence-corrected chi connectivity index (χ3v) is 3.01. The van der Waals surface area contributed by atoms with Gasteiger partial charge >= 0.3 is 0 Å². The Morgan fingerprint density at radius 3 is 2.79 bits per heavy atom. The summed E-state index contributed by atoms with van der Waals surface area (Å²) in [5, 5.41) is 1.49.